The van der Waals surface area contributed by atoms with E-state index in [1.54, 1.807) is 17.1 Å². The minimum atomic E-state index is -0.604. The molecule has 0 aliphatic carbocycles. The number of aliphatic hydroxyl groups is 1. The molecule has 2 heterocycles. The van der Waals surface area contributed by atoms with Gasteiger partial charge >= 0.3 is 0 Å². The van der Waals surface area contributed by atoms with E-state index in [4.69, 9.17) is 0 Å². The number of hydrogen-bond acceptors (Lipinski definition) is 3. The largest absolute Gasteiger partial charge is 0.388 e. The molecular formula is C15H16N4O. The molecule has 3 aromatic rings. The lowest BCUT2D eigenvalue weighted by Crippen LogP contribution is -2.02. The van der Waals surface area contributed by atoms with E-state index >= 15 is 0 Å². The molecule has 0 saturated heterocycles. The number of aromatic nitrogens is 4. The lowest BCUT2D eigenvalue weighted by molar-refractivity contribution is 0.179. The topological polar surface area (TPSA) is 66.7 Å². The number of nitrogens with zero attached hydrogens (tertiary/aromatic N) is 3. The van der Waals surface area contributed by atoms with Gasteiger partial charge in [-0.05, 0) is 11.1 Å². The van der Waals surface area contributed by atoms with Crippen LogP contribution in [0.5, 0.6) is 0 Å². The fraction of sp³-hybridized carbons (Fsp3) is 0.200. The van der Waals surface area contributed by atoms with Crippen LogP contribution < -0.4 is 0 Å². The predicted octanol–water partition coefficient (Wildman–Crippen LogP) is 2.09. The average Bonchev–Trinajstić information content (AvgIpc) is 3.09. The molecule has 20 heavy (non-hydrogen) atoms. The van der Waals surface area contributed by atoms with Gasteiger partial charge in [-0.15, -0.1) is 0 Å². The molecule has 1 aromatic carbocycles. The maximum atomic E-state index is 10.4. The first-order valence-electron chi connectivity index (χ1n) is 6.48. The Morgan fingerprint density at radius 2 is 2.05 bits per heavy atom. The van der Waals surface area contributed by atoms with Gasteiger partial charge in [-0.1, -0.05) is 30.3 Å². The molecule has 0 saturated carbocycles. The molecule has 0 radical (unpaired) electrons. The highest BCUT2D eigenvalue weighted by Gasteiger charge is 2.16. The second-order valence-corrected chi connectivity index (χ2v) is 4.81. The monoisotopic (exact) mass is 268 g/mol. The van der Waals surface area contributed by atoms with Crippen LogP contribution in [0, 0.1) is 0 Å². The molecule has 102 valence electrons. The SMILES string of the molecule is Cn1cc(CC(O)c2cn[nH]c2-c2ccccc2)cn1. The third-order valence-corrected chi connectivity index (χ3v) is 3.28. The Balaban J connectivity index is 1.86. The second kappa shape index (κ2) is 5.30. The molecule has 5 nitrogen and oxygen atoms in total. The number of hydrogen-bond donors (Lipinski definition) is 2. The molecule has 0 aliphatic heterocycles. The van der Waals surface area contributed by atoms with Crippen molar-refractivity contribution in [1.29, 1.82) is 0 Å². The van der Waals surface area contributed by atoms with Crippen molar-refractivity contribution in [2.75, 3.05) is 0 Å². The first-order valence-corrected chi connectivity index (χ1v) is 6.48. The Morgan fingerprint density at radius 3 is 2.75 bits per heavy atom. The third kappa shape index (κ3) is 2.48. The summed E-state index contributed by atoms with van der Waals surface area (Å²) in [6, 6.07) is 9.88. The molecule has 5 heteroatoms. The molecular weight excluding hydrogens is 252 g/mol. The first-order chi connectivity index (χ1) is 9.74. The molecule has 3 rings (SSSR count). The lowest BCUT2D eigenvalue weighted by atomic mass is 10.0. The van der Waals surface area contributed by atoms with Crippen LogP contribution in [0.15, 0.2) is 48.9 Å². The Kier molecular flexibility index (Phi) is 3.35. The van der Waals surface area contributed by atoms with Crippen LogP contribution in [0.3, 0.4) is 0 Å². The predicted molar refractivity (Wildman–Crippen MR) is 75.9 cm³/mol. The summed E-state index contributed by atoms with van der Waals surface area (Å²) in [5.74, 6) is 0. The van der Waals surface area contributed by atoms with E-state index in [1.807, 2.05) is 43.6 Å². The highest BCUT2D eigenvalue weighted by atomic mass is 16.3. The molecule has 0 bridgehead atoms. The van der Waals surface area contributed by atoms with Crippen LogP contribution in [0.1, 0.15) is 17.2 Å². The van der Waals surface area contributed by atoms with E-state index in [0.29, 0.717) is 6.42 Å². The second-order valence-electron chi connectivity index (χ2n) is 4.81. The summed E-state index contributed by atoms with van der Waals surface area (Å²) in [5, 5.41) is 21.6. The zero-order chi connectivity index (χ0) is 13.9. The maximum Gasteiger partial charge on any atom is 0.0868 e. The number of H-pyrrole nitrogens is 1. The number of aromatic amines is 1. The van der Waals surface area contributed by atoms with E-state index in [2.05, 4.69) is 15.3 Å². The van der Waals surface area contributed by atoms with Crippen LogP contribution in [0.2, 0.25) is 0 Å². The molecule has 1 unspecified atom stereocenters. The summed E-state index contributed by atoms with van der Waals surface area (Å²) in [7, 11) is 1.86. The summed E-state index contributed by atoms with van der Waals surface area (Å²) in [4.78, 5) is 0. The van der Waals surface area contributed by atoms with Crippen molar-refractivity contribution < 1.29 is 5.11 Å². The van der Waals surface area contributed by atoms with Gasteiger partial charge in [0, 0.05) is 25.2 Å². The van der Waals surface area contributed by atoms with E-state index in [9.17, 15) is 5.11 Å². The van der Waals surface area contributed by atoms with Gasteiger partial charge in [0.15, 0.2) is 0 Å². The van der Waals surface area contributed by atoms with Gasteiger partial charge in [0.05, 0.1) is 24.2 Å². The molecule has 2 aromatic heterocycles. The highest BCUT2D eigenvalue weighted by molar-refractivity contribution is 5.62. The van der Waals surface area contributed by atoms with Gasteiger partial charge in [-0.2, -0.15) is 10.2 Å². The summed E-state index contributed by atoms with van der Waals surface area (Å²) in [6.45, 7) is 0. The van der Waals surface area contributed by atoms with E-state index in [-0.39, 0.29) is 0 Å². The van der Waals surface area contributed by atoms with Crippen molar-refractivity contribution in [2.45, 2.75) is 12.5 Å². The van der Waals surface area contributed by atoms with Crippen molar-refractivity contribution in [2.24, 2.45) is 7.05 Å². The van der Waals surface area contributed by atoms with Gasteiger partial charge < -0.3 is 5.11 Å². The third-order valence-electron chi connectivity index (χ3n) is 3.28. The fourth-order valence-electron chi connectivity index (χ4n) is 2.29. The quantitative estimate of drug-likeness (QED) is 0.761. The van der Waals surface area contributed by atoms with Crippen LogP contribution in [-0.4, -0.2) is 25.1 Å². The van der Waals surface area contributed by atoms with E-state index < -0.39 is 6.10 Å². The van der Waals surface area contributed by atoms with Crippen molar-refractivity contribution >= 4 is 0 Å². The van der Waals surface area contributed by atoms with Gasteiger partial charge in [0.1, 0.15) is 0 Å². The minimum absolute atomic E-state index is 0.521. The van der Waals surface area contributed by atoms with Crippen LogP contribution in [-0.2, 0) is 13.5 Å². The van der Waals surface area contributed by atoms with Crippen molar-refractivity contribution in [3.8, 4) is 11.3 Å². The summed E-state index contributed by atoms with van der Waals surface area (Å²) in [6.07, 6.45) is 5.28. The number of aliphatic hydroxyl groups excluding tert-OH is 1. The fourth-order valence-corrected chi connectivity index (χ4v) is 2.29. The molecule has 0 spiro atoms. The number of rotatable bonds is 4. The molecule has 0 amide bonds. The van der Waals surface area contributed by atoms with E-state index in [1.165, 1.54) is 0 Å². The summed E-state index contributed by atoms with van der Waals surface area (Å²) < 4.78 is 1.73. The Bertz CT molecular complexity index is 687. The Hall–Kier alpha value is -2.40. The van der Waals surface area contributed by atoms with Crippen LogP contribution in [0.25, 0.3) is 11.3 Å². The normalized spacial score (nSPS) is 12.5. The summed E-state index contributed by atoms with van der Waals surface area (Å²) in [5.41, 5.74) is 3.69. The van der Waals surface area contributed by atoms with Crippen LogP contribution >= 0.6 is 0 Å². The van der Waals surface area contributed by atoms with Gasteiger partial charge in [0.2, 0.25) is 0 Å². The minimum Gasteiger partial charge on any atom is -0.388 e. The molecule has 0 aliphatic rings. The van der Waals surface area contributed by atoms with E-state index in [0.717, 1.165) is 22.4 Å². The number of nitrogens with one attached hydrogen (secondary N) is 1. The zero-order valence-electron chi connectivity index (χ0n) is 11.2. The van der Waals surface area contributed by atoms with Crippen molar-refractivity contribution in [3.63, 3.8) is 0 Å². The van der Waals surface area contributed by atoms with Crippen molar-refractivity contribution in [1.82, 2.24) is 20.0 Å². The standard InChI is InChI=1S/C15H16N4O/c1-19-10-11(8-17-19)7-14(20)13-9-16-18-15(13)12-5-3-2-4-6-12/h2-6,8-10,14,20H,7H2,1H3,(H,16,18). The van der Waals surface area contributed by atoms with Gasteiger partial charge in [0.25, 0.3) is 0 Å². The van der Waals surface area contributed by atoms with Gasteiger partial charge in [-0.25, -0.2) is 0 Å². The lowest BCUT2D eigenvalue weighted by Gasteiger charge is -2.10. The van der Waals surface area contributed by atoms with Gasteiger partial charge in [-0.3, -0.25) is 9.78 Å². The first kappa shape index (κ1) is 12.6. The summed E-state index contributed by atoms with van der Waals surface area (Å²) >= 11 is 0. The molecule has 0 fully saturated rings. The zero-order valence-corrected chi connectivity index (χ0v) is 11.2. The smallest absolute Gasteiger partial charge is 0.0868 e. The number of benzene rings is 1. The maximum absolute atomic E-state index is 10.4. The average molecular weight is 268 g/mol. The van der Waals surface area contributed by atoms with Crippen LogP contribution in [0.4, 0.5) is 0 Å². The molecule has 2 N–H and O–H groups in total. The van der Waals surface area contributed by atoms with Crippen molar-refractivity contribution in [3.05, 3.63) is 60.0 Å². The Morgan fingerprint density at radius 1 is 1.25 bits per heavy atom. The highest BCUT2D eigenvalue weighted by Crippen LogP contribution is 2.27. The Labute approximate surface area is 116 Å². The number of aryl methyl sites for hydroxylation is 1. The molecule has 1 atom stereocenters.